The Morgan fingerprint density at radius 3 is 0.904 bits per heavy atom. The van der Waals surface area contributed by atoms with Gasteiger partial charge < -0.3 is 0 Å². The molecule has 104 heavy (non-hydrogen) atoms. The van der Waals surface area contributed by atoms with E-state index in [9.17, 15) is 0 Å². The number of benzene rings is 2. The van der Waals surface area contributed by atoms with Crippen LogP contribution >= 0.6 is 0 Å². The van der Waals surface area contributed by atoms with Crippen molar-refractivity contribution in [1.29, 1.82) is 0 Å². The minimum Gasteiger partial charge on any atom is -0.265 e. The highest BCUT2D eigenvalue weighted by Gasteiger charge is 2.04. The van der Waals surface area contributed by atoms with Gasteiger partial charge in [0.25, 0.3) is 0 Å². The van der Waals surface area contributed by atoms with Gasteiger partial charge in [-0.3, -0.25) is 69.8 Å². The molecule has 0 fully saturated rings. The fourth-order valence-corrected chi connectivity index (χ4v) is 10.1. The smallest absolute Gasteiger partial charge is 0.0717 e. The van der Waals surface area contributed by atoms with Crippen LogP contribution in [0.15, 0.2) is 355 Å². The molecule has 0 aliphatic heterocycles. The summed E-state index contributed by atoms with van der Waals surface area (Å²) in [5.74, 6) is 0. The van der Waals surface area contributed by atoms with Gasteiger partial charge in [-0.15, -0.1) is 0 Å². The van der Waals surface area contributed by atoms with Gasteiger partial charge in [0.1, 0.15) is 0 Å². The summed E-state index contributed by atoms with van der Waals surface area (Å²) in [5.41, 5.74) is 27.0. The number of pyridine rings is 14. The van der Waals surface area contributed by atoms with Crippen molar-refractivity contribution in [3.63, 3.8) is 0 Å². The molecule has 14 heterocycles. The number of hydrogen-bond donors (Lipinski definition) is 0. The second kappa shape index (κ2) is 41.2. The first-order chi connectivity index (χ1) is 50.9. The molecule has 0 spiro atoms. The fraction of sp³-hybridized carbons (Fsp3) is 0.0889. The van der Waals surface area contributed by atoms with Crippen LogP contribution in [0, 0.1) is 55.4 Å². The molecule has 0 amide bonds. The molecule has 512 valence electrons. The molecule has 0 unspecified atom stereocenters. The van der Waals surface area contributed by atoms with Crippen molar-refractivity contribution >= 4 is 0 Å². The lowest BCUT2D eigenvalue weighted by atomic mass is 10.1. The van der Waals surface area contributed by atoms with E-state index in [1.807, 2.05) is 274 Å². The van der Waals surface area contributed by atoms with Crippen molar-refractivity contribution in [1.82, 2.24) is 69.8 Å². The Morgan fingerprint density at radius 1 is 0.154 bits per heavy atom. The molecule has 14 nitrogen and oxygen atoms in total. The highest BCUT2D eigenvalue weighted by Crippen LogP contribution is 2.24. The number of hydrogen-bond acceptors (Lipinski definition) is 14. The zero-order valence-corrected chi connectivity index (χ0v) is 59.7. The average molecular weight is 1360 g/mol. The zero-order valence-electron chi connectivity index (χ0n) is 59.7. The predicted octanol–water partition coefficient (Wildman–Crippen LogP) is 20.8. The maximum absolute atomic E-state index is 4.28. The quantitative estimate of drug-likeness (QED) is 0.140. The van der Waals surface area contributed by atoms with E-state index in [4.69, 9.17) is 0 Å². The summed E-state index contributed by atoms with van der Waals surface area (Å²) in [6.07, 6.45) is 40.1. The van der Waals surface area contributed by atoms with Crippen LogP contribution in [0.1, 0.15) is 44.9 Å². The normalized spacial score (nSPS) is 9.92. The van der Waals surface area contributed by atoms with Gasteiger partial charge in [0.15, 0.2) is 0 Å². The van der Waals surface area contributed by atoms with Crippen molar-refractivity contribution < 1.29 is 0 Å². The third kappa shape index (κ3) is 25.7. The first kappa shape index (κ1) is 74.8. The molecule has 16 aromatic rings. The van der Waals surface area contributed by atoms with Crippen LogP contribution in [0.5, 0.6) is 0 Å². The number of nitrogens with zero attached hydrogens (tertiary/aromatic N) is 14. The Hall–Kier alpha value is -13.5. The summed E-state index contributed by atoms with van der Waals surface area (Å²) in [6.45, 7) is 16.2. The summed E-state index contributed by atoms with van der Waals surface area (Å²) in [7, 11) is 0. The van der Waals surface area contributed by atoms with Gasteiger partial charge in [0, 0.05) is 198 Å². The first-order valence-electron chi connectivity index (χ1n) is 33.8. The minimum atomic E-state index is 0.971. The first-order valence-corrected chi connectivity index (χ1v) is 33.8. The van der Waals surface area contributed by atoms with Crippen molar-refractivity contribution in [2.75, 3.05) is 0 Å². The van der Waals surface area contributed by atoms with Crippen LogP contribution in [0.2, 0.25) is 0 Å². The van der Waals surface area contributed by atoms with Gasteiger partial charge in [0.05, 0.1) is 17.1 Å². The number of aromatic nitrogens is 14. The van der Waals surface area contributed by atoms with E-state index in [0.29, 0.717) is 0 Å². The molecule has 0 radical (unpaired) electrons. The van der Waals surface area contributed by atoms with E-state index in [0.717, 1.165) is 84.2 Å². The molecule has 2 aromatic carbocycles. The van der Waals surface area contributed by atoms with Crippen LogP contribution < -0.4 is 0 Å². The molecule has 0 saturated carbocycles. The van der Waals surface area contributed by atoms with Crippen LogP contribution in [-0.2, 0) is 0 Å². The molecule has 0 N–H and O–H groups in total. The lowest BCUT2D eigenvalue weighted by Gasteiger charge is -2.00. The minimum absolute atomic E-state index is 0.971. The molecule has 0 aliphatic rings. The Morgan fingerprint density at radius 2 is 0.481 bits per heavy atom. The van der Waals surface area contributed by atoms with Gasteiger partial charge in [0.2, 0.25) is 0 Å². The van der Waals surface area contributed by atoms with Gasteiger partial charge in [-0.05, 0) is 244 Å². The van der Waals surface area contributed by atoms with E-state index in [2.05, 4.69) is 150 Å². The van der Waals surface area contributed by atoms with Crippen molar-refractivity contribution in [3.05, 3.63) is 400 Å². The maximum atomic E-state index is 4.28. The Labute approximate surface area is 610 Å². The van der Waals surface area contributed by atoms with Gasteiger partial charge in [-0.25, -0.2) is 0 Å². The third-order valence-electron chi connectivity index (χ3n) is 15.2. The topological polar surface area (TPSA) is 180 Å². The van der Waals surface area contributed by atoms with Crippen molar-refractivity contribution in [2.45, 2.75) is 55.4 Å². The van der Waals surface area contributed by atoms with E-state index in [1.54, 1.807) is 55.8 Å². The largest absolute Gasteiger partial charge is 0.265 e. The Kier molecular flexibility index (Phi) is 29.6. The molecule has 0 bridgehead atoms. The number of rotatable bonds is 8. The summed E-state index contributed by atoms with van der Waals surface area (Å²) in [6, 6.07) is 72.9. The second-order valence-electron chi connectivity index (χ2n) is 23.9. The summed E-state index contributed by atoms with van der Waals surface area (Å²) < 4.78 is 0. The molecular formula is C90H82N14. The van der Waals surface area contributed by atoms with Crippen LogP contribution in [-0.4, -0.2) is 69.8 Å². The molecule has 14 heteroatoms. The standard InChI is InChI=1S/2C12H11N.6C11H10N2/c1-10-7-12(9-13-8-10)11-5-3-2-4-6-11;1-10-9-12(7-8-13-10)11-5-3-2-4-6-11;1-9-2-7-13-11(8-9)10-3-5-12-6-4-10;1-9-6-11(8-13-7-9)10-2-4-12-5-3-10;1-9-7-10(4-6-13-9)11-3-2-5-12-8-11;1-9-5-11(8-13-6-9)10-3-2-4-12-7-10;1-9-8-10(5-7-12-9)11-4-2-3-6-13-11;1-9-6-10(8-12-7-9)11-4-2-3-5-13-11/h2*2-9H,1H3;6*2-8H,1H3. The van der Waals surface area contributed by atoms with Gasteiger partial charge >= 0.3 is 0 Å². The third-order valence-corrected chi connectivity index (χ3v) is 15.2. The molecule has 0 saturated heterocycles. The van der Waals surface area contributed by atoms with Crippen LogP contribution in [0.3, 0.4) is 0 Å². The molecular weight excluding hydrogens is 1280 g/mol. The van der Waals surface area contributed by atoms with Crippen LogP contribution in [0.25, 0.3) is 89.4 Å². The molecule has 14 aromatic heterocycles. The van der Waals surface area contributed by atoms with E-state index < -0.39 is 0 Å². The second-order valence-corrected chi connectivity index (χ2v) is 23.9. The van der Waals surface area contributed by atoms with Crippen molar-refractivity contribution in [2.24, 2.45) is 0 Å². The van der Waals surface area contributed by atoms with Gasteiger partial charge in [-0.1, -0.05) is 84.9 Å². The maximum Gasteiger partial charge on any atom is 0.0717 e. The predicted molar refractivity (Wildman–Crippen MR) is 422 cm³/mol. The summed E-state index contributed by atoms with van der Waals surface area (Å²) in [4.78, 5) is 57.9. The summed E-state index contributed by atoms with van der Waals surface area (Å²) >= 11 is 0. The average Bonchev–Trinajstić information content (AvgIpc) is 0.975. The molecule has 0 aliphatic carbocycles. The Balaban J connectivity index is 0.000000138. The lowest BCUT2D eigenvalue weighted by molar-refractivity contribution is 1.19. The molecule has 0 atom stereocenters. The SMILES string of the molecule is Cc1cc(-c2ccccc2)ccn1.Cc1cc(-c2ccccn2)ccn1.Cc1cc(-c2cccnc2)ccn1.Cc1ccnc(-c2ccncc2)c1.Cc1cncc(-c2ccccc2)c1.Cc1cncc(-c2ccccn2)c1.Cc1cncc(-c2cccnc2)c1.Cc1cncc(-c2ccncc2)c1. The lowest BCUT2D eigenvalue weighted by Crippen LogP contribution is -1.84. The van der Waals surface area contributed by atoms with Crippen LogP contribution in [0.4, 0.5) is 0 Å². The Bertz CT molecular complexity index is 4130. The van der Waals surface area contributed by atoms with E-state index in [-0.39, 0.29) is 0 Å². The van der Waals surface area contributed by atoms with Crippen molar-refractivity contribution in [3.8, 4) is 89.4 Å². The summed E-state index contributed by atoms with van der Waals surface area (Å²) in [5, 5.41) is 0. The monoisotopic (exact) mass is 1360 g/mol. The van der Waals surface area contributed by atoms with Gasteiger partial charge in [-0.2, -0.15) is 0 Å². The zero-order chi connectivity index (χ0) is 72.8. The number of aryl methyl sites for hydroxylation is 8. The molecule has 16 rings (SSSR count). The fourth-order valence-electron chi connectivity index (χ4n) is 10.1. The van der Waals surface area contributed by atoms with E-state index in [1.165, 1.54) is 50.1 Å². The highest BCUT2D eigenvalue weighted by molar-refractivity contribution is 5.67. The van der Waals surface area contributed by atoms with E-state index >= 15 is 0 Å². The highest BCUT2D eigenvalue weighted by atomic mass is 14.7.